The maximum absolute atomic E-state index is 13.8. The van der Waals surface area contributed by atoms with Gasteiger partial charge in [0, 0.05) is 63.3 Å². The summed E-state index contributed by atoms with van der Waals surface area (Å²) in [7, 11) is 1.98. The van der Waals surface area contributed by atoms with E-state index in [4.69, 9.17) is 4.74 Å². The van der Waals surface area contributed by atoms with E-state index in [9.17, 15) is 22.8 Å². The second-order valence-corrected chi connectivity index (χ2v) is 9.05. The van der Waals surface area contributed by atoms with Gasteiger partial charge < -0.3 is 20.3 Å². The first-order valence-electron chi connectivity index (χ1n) is 12.1. The predicted molar refractivity (Wildman–Crippen MR) is 140 cm³/mol. The molecule has 3 amide bonds. The minimum absolute atomic E-state index is 0.0284. The molecule has 3 aromatic rings. The molecule has 206 valence electrons. The Labute approximate surface area is 223 Å². The van der Waals surface area contributed by atoms with Crippen molar-refractivity contribution in [1.29, 1.82) is 0 Å². The molecule has 1 aliphatic heterocycles. The van der Waals surface area contributed by atoms with Gasteiger partial charge >= 0.3 is 12.2 Å². The van der Waals surface area contributed by atoms with Gasteiger partial charge in [-0.2, -0.15) is 18.2 Å². The summed E-state index contributed by atoms with van der Waals surface area (Å²) in [4.78, 5) is 35.7. The summed E-state index contributed by atoms with van der Waals surface area (Å²) in [5.74, 6) is 0.371. The van der Waals surface area contributed by atoms with Crippen LogP contribution in [0, 0.1) is 0 Å². The minimum atomic E-state index is -4.56. The molecule has 1 aliphatic rings. The van der Waals surface area contributed by atoms with E-state index >= 15 is 0 Å². The SMILES string of the molecule is CC(=O)Nc1nccc(Oc2ccc(NC(=O)Nc3ccc(CN4CCN(C)CC4)c(C(F)(F)F)c3)cc2)n1. The third-order valence-electron chi connectivity index (χ3n) is 5.92. The fourth-order valence-electron chi connectivity index (χ4n) is 3.94. The second-order valence-electron chi connectivity index (χ2n) is 9.05. The van der Waals surface area contributed by atoms with E-state index in [0.29, 0.717) is 24.5 Å². The van der Waals surface area contributed by atoms with Crippen molar-refractivity contribution in [2.75, 3.05) is 49.2 Å². The molecule has 1 saturated heterocycles. The molecule has 39 heavy (non-hydrogen) atoms. The van der Waals surface area contributed by atoms with Crippen LogP contribution in [-0.2, 0) is 17.5 Å². The number of anilines is 3. The molecule has 0 radical (unpaired) electrons. The number of hydrogen-bond donors (Lipinski definition) is 3. The second kappa shape index (κ2) is 12.1. The molecule has 2 heterocycles. The molecule has 0 aliphatic carbocycles. The predicted octanol–water partition coefficient (Wildman–Crippen LogP) is 4.64. The Kier molecular flexibility index (Phi) is 8.62. The number of aromatic nitrogens is 2. The zero-order valence-electron chi connectivity index (χ0n) is 21.4. The number of urea groups is 1. The van der Waals surface area contributed by atoms with E-state index in [1.807, 2.05) is 11.9 Å². The zero-order chi connectivity index (χ0) is 28.0. The summed E-state index contributed by atoms with van der Waals surface area (Å²) in [6.45, 7) is 4.50. The van der Waals surface area contributed by atoms with Gasteiger partial charge in [0.1, 0.15) is 5.75 Å². The number of ether oxygens (including phenoxy) is 1. The number of benzene rings is 2. The van der Waals surface area contributed by atoms with Crippen molar-refractivity contribution >= 4 is 29.3 Å². The summed E-state index contributed by atoms with van der Waals surface area (Å²) < 4.78 is 47.1. The standard InChI is InChI=1S/C26H28F3N7O3/c1-17(37)31-24-30-10-9-23(34-24)39-21-7-5-19(6-8-21)32-25(38)33-20-4-3-18(22(15-20)26(27,28)29)16-36-13-11-35(2)12-14-36/h3-10,15H,11-14,16H2,1-2H3,(H2,32,33,38)(H,30,31,34,37). The molecule has 0 saturated carbocycles. The number of nitrogens with one attached hydrogen (secondary N) is 3. The largest absolute Gasteiger partial charge is 0.439 e. The van der Waals surface area contributed by atoms with Crippen molar-refractivity contribution in [3.8, 4) is 11.6 Å². The van der Waals surface area contributed by atoms with Gasteiger partial charge in [0.05, 0.1) is 5.56 Å². The number of nitrogens with zero attached hydrogens (tertiary/aromatic N) is 4. The highest BCUT2D eigenvalue weighted by Crippen LogP contribution is 2.34. The lowest BCUT2D eigenvalue weighted by molar-refractivity contribution is -0.138. The zero-order valence-corrected chi connectivity index (χ0v) is 21.4. The fraction of sp³-hybridized carbons (Fsp3) is 0.308. The number of carbonyl (C=O) groups excluding carboxylic acids is 2. The minimum Gasteiger partial charge on any atom is -0.439 e. The number of alkyl halides is 3. The van der Waals surface area contributed by atoms with Crippen molar-refractivity contribution in [1.82, 2.24) is 19.8 Å². The first-order valence-corrected chi connectivity index (χ1v) is 12.1. The molecule has 4 rings (SSSR count). The maximum atomic E-state index is 13.8. The van der Waals surface area contributed by atoms with Crippen molar-refractivity contribution < 1.29 is 27.5 Å². The summed E-state index contributed by atoms with van der Waals surface area (Å²) >= 11 is 0. The Balaban J connectivity index is 1.36. The third-order valence-corrected chi connectivity index (χ3v) is 5.92. The molecule has 0 spiro atoms. The van der Waals surface area contributed by atoms with Gasteiger partial charge in [0.25, 0.3) is 0 Å². The van der Waals surface area contributed by atoms with Crippen molar-refractivity contribution in [3.05, 3.63) is 65.9 Å². The lowest BCUT2D eigenvalue weighted by Crippen LogP contribution is -2.44. The quantitative estimate of drug-likeness (QED) is 0.398. The molecule has 13 heteroatoms. The van der Waals surface area contributed by atoms with Crippen molar-refractivity contribution in [2.24, 2.45) is 0 Å². The number of piperazine rings is 1. The van der Waals surface area contributed by atoms with Crippen LogP contribution in [0.5, 0.6) is 11.6 Å². The molecular formula is C26H28F3N7O3. The lowest BCUT2D eigenvalue weighted by Gasteiger charge is -2.33. The first-order chi connectivity index (χ1) is 18.5. The molecule has 0 unspecified atom stereocenters. The Morgan fingerprint density at radius 1 is 0.949 bits per heavy atom. The van der Waals surface area contributed by atoms with E-state index < -0.39 is 17.8 Å². The van der Waals surface area contributed by atoms with Gasteiger partial charge in [-0.25, -0.2) is 9.78 Å². The van der Waals surface area contributed by atoms with Crippen LogP contribution in [0.4, 0.5) is 35.3 Å². The number of rotatable bonds is 7. The van der Waals surface area contributed by atoms with Crippen LogP contribution in [0.2, 0.25) is 0 Å². The van der Waals surface area contributed by atoms with E-state index in [0.717, 1.165) is 19.2 Å². The Hall–Kier alpha value is -4.23. The van der Waals surface area contributed by atoms with Crippen LogP contribution in [0.3, 0.4) is 0 Å². The number of amides is 3. The van der Waals surface area contributed by atoms with Gasteiger partial charge in [-0.1, -0.05) is 6.07 Å². The lowest BCUT2D eigenvalue weighted by atomic mass is 10.0. The number of halogens is 3. The fourth-order valence-corrected chi connectivity index (χ4v) is 3.94. The first kappa shape index (κ1) is 27.8. The smallest absolute Gasteiger partial charge is 0.416 e. The van der Waals surface area contributed by atoms with E-state index in [1.165, 1.54) is 31.3 Å². The van der Waals surface area contributed by atoms with Crippen molar-refractivity contribution in [3.63, 3.8) is 0 Å². The van der Waals surface area contributed by atoms with Gasteiger partial charge in [0.2, 0.25) is 17.7 Å². The molecule has 1 fully saturated rings. The molecule has 0 bridgehead atoms. The Bertz CT molecular complexity index is 1310. The monoisotopic (exact) mass is 543 g/mol. The average molecular weight is 544 g/mol. The maximum Gasteiger partial charge on any atom is 0.416 e. The summed E-state index contributed by atoms with van der Waals surface area (Å²) in [6.07, 6.45) is -3.13. The normalized spacial score (nSPS) is 14.5. The van der Waals surface area contributed by atoms with E-state index in [1.54, 1.807) is 24.3 Å². The van der Waals surface area contributed by atoms with Crippen LogP contribution in [0.25, 0.3) is 0 Å². The Morgan fingerprint density at radius 2 is 1.62 bits per heavy atom. The van der Waals surface area contributed by atoms with Crippen LogP contribution in [0.1, 0.15) is 18.1 Å². The molecule has 10 nitrogen and oxygen atoms in total. The van der Waals surface area contributed by atoms with Crippen LogP contribution < -0.4 is 20.7 Å². The third kappa shape index (κ3) is 8.12. The molecule has 1 aromatic heterocycles. The summed E-state index contributed by atoms with van der Waals surface area (Å²) in [5.41, 5.74) is -0.182. The van der Waals surface area contributed by atoms with Gasteiger partial charge in [-0.3, -0.25) is 15.0 Å². The highest BCUT2D eigenvalue weighted by molar-refractivity contribution is 5.99. The Morgan fingerprint density at radius 3 is 2.28 bits per heavy atom. The van der Waals surface area contributed by atoms with Crippen molar-refractivity contribution in [2.45, 2.75) is 19.6 Å². The molecule has 2 aromatic carbocycles. The highest BCUT2D eigenvalue weighted by atomic mass is 19.4. The van der Waals surface area contributed by atoms with Crippen LogP contribution in [0.15, 0.2) is 54.7 Å². The topological polar surface area (TPSA) is 112 Å². The van der Waals surface area contributed by atoms with E-state index in [-0.39, 0.29) is 35.5 Å². The molecular weight excluding hydrogens is 515 g/mol. The average Bonchev–Trinajstić information content (AvgIpc) is 2.87. The van der Waals surface area contributed by atoms with Crippen LogP contribution >= 0.6 is 0 Å². The molecule has 0 atom stereocenters. The highest BCUT2D eigenvalue weighted by Gasteiger charge is 2.34. The number of carbonyl (C=O) groups is 2. The number of likely N-dealkylation sites (N-methyl/N-ethyl adjacent to an activating group) is 1. The van der Waals surface area contributed by atoms with Gasteiger partial charge in [-0.05, 0) is 49.0 Å². The van der Waals surface area contributed by atoms with E-state index in [2.05, 4.69) is 30.8 Å². The number of hydrogen-bond acceptors (Lipinski definition) is 7. The van der Waals surface area contributed by atoms with Crippen LogP contribution in [-0.4, -0.2) is 64.9 Å². The summed E-state index contributed by atoms with van der Waals surface area (Å²) in [6, 6.07) is 10.9. The van der Waals surface area contributed by atoms with Gasteiger partial charge in [-0.15, -0.1) is 0 Å². The molecule has 3 N–H and O–H groups in total. The summed E-state index contributed by atoms with van der Waals surface area (Å²) in [5, 5.41) is 7.50. The van der Waals surface area contributed by atoms with Gasteiger partial charge in [0.15, 0.2) is 0 Å².